The van der Waals surface area contributed by atoms with Crippen molar-refractivity contribution in [1.29, 1.82) is 0 Å². The number of para-hydroxylation sites is 2. The Morgan fingerprint density at radius 3 is 2.71 bits per heavy atom. The first-order valence-electron chi connectivity index (χ1n) is 8.62. The highest BCUT2D eigenvalue weighted by atomic mass is 16.5. The summed E-state index contributed by atoms with van der Waals surface area (Å²) in [6.07, 6.45) is 2.44. The average molecular weight is 336 g/mol. The number of carbonyl (C=O) groups is 1. The molecule has 1 amide bonds. The molecule has 1 aliphatic rings. The maximum atomic E-state index is 11.8. The predicted octanol–water partition coefficient (Wildman–Crippen LogP) is 1.69. The summed E-state index contributed by atoms with van der Waals surface area (Å²) in [6.45, 7) is 5.86. The zero-order valence-electron chi connectivity index (χ0n) is 14.5. The van der Waals surface area contributed by atoms with Crippen molar-refractivity contribution in [2.45, 2.75) is 19.3 Å². The minimum Gasteiger partial charge on any atom is -0.493 e. The van der Waals surface area contributed by atoms with Crippen molar-refractivity contribution in [3.8, 4) is 11.5 Å². The maximum absolute atomic E-state index is 11.8. The van der Waals surface area contributed by atoms with Crippen LogP contribution in [0.15, 0.2) is 24.3 Å². The third-order valence-corrected chi connectivity index (χ3v) is 3.98. The van der Waals surface area contributed by atoms with Crippen molar-refractivity contribution in [3.05, 3.63) is 24.3 Å². The Hall–Kier alpha value is -1.79. The molecule has 6 nitrogen and oxygen atoms in total. The summed E-state index contributed by atoms with van der Waals surface area (Å²) >= 11 is 0. The molecular weight excluding hydrogens is 308 g/mol. The number of ether oxygens (including phenoxy) is 3. The molecule has 1 aromatic rings. The van der Waals surface area contributed by atoms with Crippen molar-refractivity contribution in [1.82, 2.24) is 10.2 Å². The number of hydrogen-bond acceptors (Lipinski definition) is 5. The molecule has 2 rings (SSSR count). The van der Waals surface area contributed by atoms with Crippen molar-refractivity contribution >= 4 is 5.91 Å². The van der Waals surface area contributed by atoms with Gasteiger partial charge < -0.3 is 19.5 Å². The quantitative estimate of drug-likeness (QED) is 0.659. The average Bonchev–Trinajstić information content (AvgIpc) is 2.63. The van der Waals surface area contributed by atoms with Crippen LogP contribution in [0.2, 0.25) is 0 Å². The monoisotopic (exact) mass is 336 g/mol. The summed E-state index contributed by atoms with van der Waals surface area (Å²) in [4.78, 5) is 14.2. The molecule has 0 aliphatic carbocycles. The number of rotatable bonds is 10. The van der Waals surface area contributed by atoms with Gasteiger partial charge in [0.1, 0.15) is 0 Å². The van der Waals surface area contributed by atoms with Crippen LogP contribution in [0.4, 0.5) is 0 Å². The van der Waals surface area contributed by atoms with E-state index in [2.05, 4.69) is 10.2 Å². The maximum Gasteiger partial charge on any atom is 0.223 e. The lowest BCUT2D eigenvalue weighted by Gasteiger charge is -2.26. The van der Waals surface area contributed by atoms with Crippen LogP contribution in [0.1, 0.15) is 19.3 Å². The van der Waals surface area contributed by atoms with E-state index in [1.54, 1.807) is 7.11 Å². The largest absolute Gasteiger partial charge is 0.493 e. The Balaban J connectivity index is 1.50. The molecule has 1 heterocycles. The minimum atomic E-state index is 0.0243. The number of hydrogen-bond donors (Lipinski definition) is 1. The van der Waals surface area contributed by atoms with Crippen molar-refractivity contribution in [2.75, 3.05) is 53.1 Å². The van der Waals surface area contributed by atoms with E-state index in [0.29, 0.717) is 24.5 Å². The van der Waals surface area contributed by atoms with Crippen LogP contribution in [0, 0.1) is 0 Å². The first-order chi connectivity index (χ1) is 11.8. The summed E-state index contributed by atoms with van der Waals surface area (Å²) in [6, 6.07) is 7.44. The van der Waals surface area contributed by atoms with Crippen LogP contribution in [0.5, 0.6) is 11.5 Å². The van der Waals surface area contributed by atoms with E-state index in [1.807, 2.05) is 24.3 Å². The van der Waals surface area contributed by atoms with Crippen LogP contribution in [-0.4, -0.2) is 63.9 Å². The van der Waals surface area contributed by atoms with Gasteiger partial charge in [0.05, 0.1) is 33.4 Å². The van der Waals surface area contributed by atoms with E-state index in [1.165, 1.54) is 0 Å². The minimum absolute atomic E-state index is 0.0243. The second-order valence-electron chi connectivity index (χ2n) is 5.76. The molecule has 1 N–H and O–H groups in total. The summed E-state index contributed by atoms with van der Waals surface area (Å²) in [5, 5.41) is 2.94. The third-order valence-electron chi connectivity index (χ3n) is 3.98. The number of nitrogens with zero attached hydrogens (tertiary/aromatic N) is 1. The smallest absolute Gasteiger partial charge is 0.223 e. The van der Waals surface area contributed by atoms with Gasteiger partial charge in [-0.15, -0.1) is 0 Å². The Morgan fingerprint density at radius 1 is 1.21 bits per heavy atom. The fourth-order valence-electron chi connectivity index (χ4n) is 2.59. The van der Waals surface area contributed by atoms with Gasteiger partial charge in [0, 0.05) is 19.6 Å². The number of morpholine rings is 1. The zero-order valence-corrected chi connectivity index (χ0v) is 14.5. The molecule has 24 heavy (non-hydrogen) atoms. The van der Waals surface area contributed by atoms with Crippen LogP contribution in [0.25, 0.3) is 0 Å². The standard InChI is InChI=1S/C18H28N2O4/c1-22-16-6-2-3-7-17(16)24-13-8-18(21)19-9-4-5-10-20-11-14-23-15-12-20/h2-3,6-7H,4-5,8-15H2,1H3,(H,19,21). The number of amides is 1. The molecule has 0 spiro atoms. The Bertz CT molecular complexity index is 490. The van der Waals surface area contributed by atoms with Gasteiger partial charge in [-0.05, 0) is 31.5 Å². The van der Waals surface area contributed by atoms with Gasteiger partial charge in [0.25, 0.3) is 0 Å². The van der Waals surface area contributed by atoms with Gasteiger partial charge in [-0.2, -0.15) is 0 Å². The molecule has 0 bridgehead atoms. The van der Waals surface area contributed by atoms with Crippen LogP contribution in [-0.2, 0) is 9.53 Å². The van der Waals surface area contributed by atoms with Crippen LogP contribution < -0.4 is 14.8 Å². The van der Waals surface area contributed by atoms with Gasteiger partial charge in [0.2, 0.25) is 5.91 Å². The topological polar surface area (TPSA) is 60.0 Å². The second kappa shape index (κ2) is 10.9. The highest BCUT2D eigenvalue weighted by Gasteiger charge is 2.09. The molecule has 1 fully saturated rings. The third kappa shape index (κ3) is 6.76. The van der Waals surface area contributed by atoms with E-state index in [0.717, 1.165) is 52.2 Å². The van der Waals surface area contributed by atoms with Gasteiger partial charge in [-0.3, -0.25) is 9.69 Å². The summed E-state index contributed by atoms with van der Waals surface area (Å²) in [7, 11) is 1.60. The zero-order chi connectivity index (χ0) is 17.0. The Kier molecular flexibility index (Phi) is 8.41. The van der Waals surface area contributed by atoms with E-state index in [4.69, 9.17) is 14.2 Å². The SMILES string of the molecule is COc1ccccc1OCCC(=O)NCCCCN1CCOCC1. The molecule has 0 atom stereocenters. The lowest BCUT2D eigenvalue weighted by molar-refractivity contribution is -0.121. The second-order valence-corrected chi connectivity index (χ2v) is 5.76. The number of carbonyl (C=O) groups excluding carboxylic acids is 1. The molecule has 1 aromatic carbocycles. The molecular formula is C18H28N2O4. The van der Waals surface area contributed by atoms with Crippen molar-refractivity contribution < 1.29 is 19.0 Å². The summed E-state index contributed by atoms with van der Waals surface area (Å²) < 4.78 is 16.1. The number of unbranched alkanes of at least 4 members (excludes halogenated alkanes) is 1. The fraction of sp³-hybridized carbons (Fsp3) is 0.611. The number of methoxy groups -OCH3 is 1. The summed E-state index contributed by atoms with van der Waals surface area (Å²) in [5.74, 6) is 1.37. The highest BCUT2D eigenvalue weighted by molar-refractivity contribution is 5.75. The first kappa shape index (κ1) is 18.5. The van der Waals surface area contributed by atoms with Gasteiger partial charge in [-0.1, -0.05) is 12.1 Å². The summed E-state index contributed by atoms with van der Waals surface area (Å²) in [5.41, 5.74) is 0. The molecule has 0 saturated carbocycles. The molecule has 0 aromatic heterocycles. The Morgan fingerprint density at radius 2 is 1.96 bits per heavy atom. The molecule has 0 radical (unpaired) electrons. The number of benzene rings is 1. The van der Waals surface area contributed by atoms with Crippen molar-refractivity contribution in [2.24, 2.45) is 0 Å². The van der Waals surface area contributed by atoms with E-state index in [-0.39, 0.29) is 5.91 Å². The predicted molar refractivity (Wildman–Crippen MR) is 92.6 cm³/mol. The molecule has 1 saturated heterocycles. The van der Waals surface area contributed by atoms with Gasteiger partial charge >= 0.3 is 0 Å². The molecule has 0 unspecified atom stereocenters. The van der Waals surface area contributed by atoms with E-state index >= 15 is 0 Å². The van der Waals surface area contributed by atoms with Crippen LogP contribution >= 0.6 is 0 Å². The normalized spacial score (nSPS) is 15.0. The Labute approximate surface area is 144 Å². The first-order valence-corrected chi connectivity index (χ1v) is 8.62. The molecule has 6 heteroatoms. The lowest BCUT2D eigenvalue weighted by atomic mass is 10.2. The number of nitrogens with one attached hydrogen (secondary N) is 1. The fourth-order valence-corrected chi connectivity index (χ4v) is 2.59. The van der Waals surface area contributed by atoms with E-state index < -0.39 is 0 Å². The highest BCUT2D eigenvalue weighted by Crippen LogP contribution is 2.25. The van der Waals surface area contributed by atoms with Crippen molar-refractivity contribution in [3.63, 3.8) is 0 Å². The lowest BCUT2D eigenvalue weighted by Crippen LogP contribution is -2.37. The molecule has 1 aliphatic heterocycles. The molecule has 134 valence electrons. The van der Waals surface area contributed by atoms with Crippen LogP contribution in [0.3, 0.4) is 0 Å². The van der Waals surface area contributed by atoms with Gasteiger partial charge in [0.15, 0.2) is 11.5 Å². The van der Waals surface area contributed by atoms with E-state index in [9.17, 15) is 4.79 Å². The van der Waals surface area contributed by atoms with Gasteiger partial charge in [-0.25, -0.2) is 0 Å².